The van der Waals surface area contributed by atoms with Crippen molar-refractivity contribution in [2.75, 3.05) is 13.1 Å². The third-order valence-electron chi connectivity index (χ3n) is 2.21. The Kier molecular flexibility index (Phi) is 7.70. The molecule has 2 rings (SSSR count). The van der Waals surface area contributed by atoms with Crippen molar-refractivity contribution in [2.24, 2.45) is 0 Å². The molecule has 1 saturated heterocycles. The Morgan fingerprint density at radius 3 is 2.87 bits per heavy atom. The summed E-state index contributed by atoms with van der Waals surface area (Å²) in [5.74, 6) is 0. The van der Waals surface area contributed by atoms with E-state index in [1.807, 2.05) is 18.2 Å². The van der Waals surface area contributed by atoms with Crippen LogP contribution in [0.2, 0.25) is 0 Å². The van der Waals surface area contributed by atoms with Crippen LogP contribution >= 0.6 is 24.8 Å². The quantitative estimate of drug-likeness (QED) is 0.889. The molecule has 0 amide bonds. The predicted molar refractivity (Wildman–Crippen MR) is 64.8 cm³/mol. The molecule has 5 heteroatoms. The molecule has 1 atom stereocenters. The van der Waals surface area contributed by atoms with Gasteiger partial charge >= 0.3 is 0 Å². The summed E-state index contributed by atoms with van der Waals surface area (Å²) in [5, 5.41) is 3.26. The molecule has 0 bridgehead atoms. The average Bonchev–Trinajstić information content (AvgIpc) is 2.69. The smallest absolute Gasteiger partial charge is 0.0892 e. The number of pyridine rings is 1. The van der Waals surface area contributed by atoms with E-state index in [1.54, 1.807) is 6.20 Å². The van der Waals surface area contributed by atoms with Crippen LogP contribution in [0.1, 0.15) is 12.1 Å². The van der Waals surface area contributed by atoms with Crippen molar-refractivity contribution < 1.29 is 4.74 Å². The highest BCUT2D eigenvalue weighted by atomic mass is 35.5. The number of halogens is 2. The highest BCUT2D eigenvalue weighted by molar-refractivity contribution is 5.85. The van der Waals surface area contributed by atoms with E-state index in [4.69, 9.17) is 4.74 Å². The van der Waals surface area contributed by atoms with Crippen molar-refractivity contribution in [3.63, 3.8) is 0 Å². The Morgan fingerprint density at radius 1 is 1.40 bits per heavy atom. The fourth-order valence-corrected chi connectivity index (χ4v) is 1.46. The molecule has 0 unspecified atom stereocenters. The van der Waals surface area contributed by atoms with Gasteiger partial charge in [-0.15, -0.1) is 24.8 Å². The highest BCUT2D eigenvalue weighted by Crippen LogP contribution is 2.06. The summed E-state index contributed by atoms with van der Waals surface area (Å²) >= 11 is 0. The number of nitrogens with one attached hydrogen (secondary N) is 1. The first kappa shape index (κ1) is 14.6. The van der Waals surface area contributed by atoms with E-state index in [-0.39, 0.29) is 24.8 Å². The van der Waals surface area contributed by atoms with Gasteiger partial charge in [0.05, 0.1) is 18.4 Å². The maximum absolute atomic E-state index is 5.66. The van der Waals surface area contributed by atoms with Gasteiger partial charge in [0.2, 0.25) is 0 Å². The van der Waals surface area contributed by atoms with Crippen LogP contribution in [0.25, 0.3) is 0 Å². The minimum absolute atomic E-state index is 0. The maximum Gasteiger partial charge on any atom is 0.0892 e. The molecule has 0 aromatic carbocycles. The van der Waals surface area contributed by atoms with Crippen molar-refractivity contribution in [3.8, 4) is 0 Å². The fourth-order valence-electron chi connectivity index (χ4n) is 1.46. The van der Waals surface area contributed by atoms with Crippen LogP contribution in [0.15, 0.2) is 24.4 Å². The van der Waals surface area contributed by atoms with Gasteiger partial charge in [0, 0.05) is 12.7 Å². The van der Waals surface area contributed by atoms with Crippen LogP contribution in [-0.4, -0.2) is 24.2 Å². The minimum atomic E-state index is 0. The molecular formula is C10H16Cl2N2O. The standard InChI is InChI=1S/C10H14N2O.2ClH/c1-2-5-12-9(3-1)8-13-10-4-6-11-7-10;;/h1-3,5,10-11H,4,6-8H2;2*1H/t10-;;/m0../s1. The van der Waals surface area contributed by atoms with Crippen molar-refractivity contribution in [1.82, 2.24) is 10.3 Å². The van der Waals surface area contributed by atoms with Crippen LogP contribution in [0.4, 0.5) is 0 Å². The molecule has 0 saturated carbocycles. The van der Waals surface area contributed by atoms with Crippen molar-refractivity contribution in [2.45, 2.75) is 19.1 Å². The second-order valence-corrected chi connectivity index (χ2v) is 3.25. The lowest BCUT2D eigenvalue weighted by Gasteiger charge is -2.09. The van der Waals surface area contributed by atoms with Gasteiger partial charge in [0.25, 0.3) is 0 Å². The summed E-state index contributed by atoms with van der Waals surface area (Å²) in [6, 6.07) is 5.89. The van der Waals surface area contributed by atoms with Gasteiger partial charge in [-0.05, 0) is 25.1 Å². The molecule has 15 heavy (non-hydrogen) atoms. The number of nitrogens with zero attached hydrogens (tertiary/aromatic N) is 1. The van der Waals surface area contributed by atoms with E-state index in [0.717, 1.165) is 25.2 Å². The lowest BCUT2D eigenvalue weighted by atomic mass is 10.3. The van der Waals surface area contributed by atoms with E-state index in [0.29, 0.717) is 12.7 Å². The first-order chi connectivity index (χ1) is 6.45. The lowest BCUT2D eigenvalue weighted by Crippen LogP contribution is -2.16. The molecule has 1 N–H and O–H groups in total. The zero-order valence-electron chi connectivity index (χ0n) is 8.39. The summed E-state index contributed by atoms with van der Waals surface area (Å²) in [4.78, 5) is 4.19. The van der Waals surface area contributed by atoms with Crippen LogP contribution in [0.5, 0.6) is 0 Å². The minimum Gasteiger partial charge on any atom is -0.371 e. The summed E-state index contributed by atoms with van der Waals surface area (Å²) in [6.07, 6.45) is 3.29. The summed E-state index contributed by atoms with van der Waals surface area (Å²) < 4.78 is 5.66. The third kappa shape index (κ3) is 4.80. The van der Waals surface area contributed by atoms with Crippen LogP contribution in [0, 0.1) is 0 Å². The van der Waals surface area contributed by atoms with Crippen molar-refractivity contribution in [3.05, 3.63) is 30.1 Å². The number of aromatic nitrogens is 1. The molecular weight excluding hydrogens is 235 g/mol. The molecule has 1 fully saturated rings. The Labute approximate surface area is 102 Å². The van der Waals surface area contributed by atoms with Crippen LogP contribution < -0.4 is 5.32 Å². The van der Waals surface area contributed by atoms with E-state index < -0.39 is 0 Å². The number of ether oxygens (including phenoxy) is 1. The first-order valence-electron chi connectivity index (χ1n) is 4.67. The Hall–Kier alpha value is -0.350. The molecule has 0 radical (unpaired) electrons. The molecule has 1 aliphatic heterocycles. The maximum atomic E-state index is 5.66. The van der Waals surface area contributed by atoms with E-state index in [9.17, 15) is 0 Å². The van der Waals surface area contributed by atoms with Crippen molar-refractivity contribution in [1.29, 1.82) is 0 Å². The van der Waals surface area contributed by atoms with E-state index in [2.05, 4.69) is 10.3 Å². The topological polar surface area (TPSA) is 34.1 Å². The molecule has 1 aromatic rings. The Morgan fingerprint density at radius 2 is 2.27 bits per heavy atom. The van der Waals surface area contributed by atoms with Gasteiger partial charge < -0.3 is 10.1 Å². The average molecular weight is 251 g/mol. The second kappa shape index (κ2) is 7.88. The van der Waals surface area contributed by atoms with Crippen molar-refractivity contribution >= 4 is 24.8 Å². The van der Waals surface area contributed by atoms with Crippen LogP contribution in [-0.2, 0) is 11.3 Å². The zero-order chi connectivity index (χ0) is 8.93. The summed E-state index contributed by atoms with van der Waals surface area (Å²) in [7, 11) is 0. The first-order valence-corrected chi connectivity index (χ1v) is 4.67. The van der Waals surface area contributed by atoms with Gasteiger partial charge in [-0.3, -0.25) is 4.98 Å². The van der Waals surface area contributed by atoms with Gasteiger partial charge in [-0.25, -0.2) is 0 Å². The molecule has 86 valence electrons. The zero-order valence-corrected chi connectivity index (χ0v) is 10.0. The second-order valence-electron chi connectivity index (χ2n) is 3.25. The van der Waals surface area contributed by atoms with Gasteiger partial charge in [-0.1, -0.05) is 6.07 Å². The molecule has 2 heterocycles. The van der Waals surface area contributed by atoms with E-state index >= 15 is 0 Å². The molecule has 3 nitrogen and oxygen atoms in total. The largest absolute Gasteiger partial charge is 0.371 e. The SMILES string of the molecule is Cl.Cl.c1ccc(CO[C@H]2CCNC2)nc1. The highest BCUT2D eigenvalue weighted by Gasteiger charge is 2.14. The van der Waals surface area contributed by atoms with Gasteiger partial charge in [0.1, 0.15) is 0 Å². The lowest BCUT2D eigenvalue weighted by molar-refractivity contribution is 0.0522. The molecule has 0 aliphatic carbocycles. The fraction of sp³-hybridized carbons (Fsp3) is 0.500. The Balaban J connectivity index is 0.000000980. The monoisotopic (exact) mass is 250 g/mol. The van der Waals surface area contributed by atoms with Crippen LogP contribution in [0.3, 0.4) is 0 Å². The van der Waals surface area contributed by atoms with Gasteiger partial charge in [-0.2, -0.15) is 0 Å². The number of hydrogen-bond acceptors (Lipinski definition) is 3. The molecule has 0 spiro atoms. The number of hydrogen-bond donors (Lipinski definition) is 1. The van der Waals surface area contributed by atoms with E-state index in [1.165, 1.54) is 0 Å². The summed E-state index contributed by atoms with van der Waals surface area (Å²) in [5.41, 5.74) is 1.01. The normalized spacial score (nSPS) is 19.1. The Bertz CT molecular complexity index is 253. The predicted octanol–water partition coefficient (Wildman–Crippen LogP) is 1.80. The summed E-state index contributed by atoms with van der Waals surface area (Å²) in [6.45, 7) is 2.69. The van der Waals surface area contributed by atoms with Gasteiger partial charge in [0.15, 0.2) is 0 Å². The molecule has 1 aromatic heterocycles. The number of rotatable bonds is 3. The molecule has 1 aliphatic rings. The third-order valence-corrected chi connectivity index (χ3v) is 2.21.